The minimum absolute atomic E-state index is 0.00263. The summed E-state index contributed by atoms with van der Waals surface area (Å²) in [4.78, 5) is 70.6. The van der Waals surface area contributed by atoms with E-state index < -0.39 is 34.3 Å². The van der Waals surface area contributed by atoms with Crippen molar-refractivity contribution in [3.05, 3.63) is 212 Å². The number of hydrogen-bond donors (Lipinski definition) is 4. The molecule has 4 fully saturated rings. The van der Waals surface area contributed by atoms with Crippen LogP contribution in [0.15, 0.2) is 110 Å². The first-order valence-corrected chi connectivity index (χ1v) is 49.7. The van der Waals surface area contributed by atoms with Gasteiger partial charge in [-0.05, 0) is 112 Å². The Kier molecular flexibility index (Phi) is 32.0. The van der Waals surface area contributed by atoms with Crippen LogP contribution in [-0.2, 0) is 119 Å². The number of carbonyl (C=O) groups is 4. The predicted molar refractivity (Wildman–Crippen MR) is 529 cm³/mol. The molecule has 4 N–H and O–H groups in total. The van der Waals surface area contributed by atoms with Gasteiger partial charge in [0.05, 0.1) is 88.8 Å². The maximum atomic E-state index is 14.6. The van der Waals surface area contributed by atoms with Gasteiger partial charge < -0.3 is 40.9 Å². The van der Waals surface area contributed by atoms with Gasteiger partial charge in [-0.1, -0.05) is 100 Å². The summed E-state index contributed by atoms with van der Waals surface area (Å²) >= 11 is 0. The van der Waals surface area contributed by atoms with Crippen molar-refractivity contribution in [3.8, 4) is 0 Å². The Balaban J connectivity index is 0.000000143. The molecule has 4 amide bonds. The van der Waals surface area contributed by atoms with E-state index in [1.54, 1.807) is 53.1 Å². The highest BCUT2D eigenvalue weighted by Gasteiger charge is 2.49. The van der Waals surface area contributed by atoms with Gasteiger partial charge in [-0.25, -0.2) is 13.2 Å². The summed E-state index contributed by atoms with van der Waals surface area (Å²) < 4.78 is 107. The summed E-state index contributed by atoms with van der Waals surface area (Å²) in [5.74, 6) is -7.77. The van der Waals surface area contributed by atoms with E-state index >= 15 is 0 Å². The number of halogens is 7. The third-order valence-electron chi connectivity index (χ3n) is 28.8. The molecular formula is C103H139F7N28O4. The van der Waals surface area contributed by atoms with Crippen LogP contribution in [-0.4, -0.2) is 276 Å². The van der Waals surface area contributed by atoms with Crippen LogP contribution >= 0.6 is 0 Å². The number of fused-ring (bicyclic) bond motifs is 4. The van der Waals surface area contributed by atoms with E-state index in [0.29, 0.717) is 97.7 Å². The van der Waals surface area contributed by atoms with Crippen LogP contribution in [0.2, 0.25) is 0 Å². The van der Waals surface area contributed by atoms with Crippen LogP contribution in [0.1, 0.15) is 208 Å². The molecule has 0 aliphatic carbocycles. The van der Waals surface area contributed by atoms with Crippen molar-refractivity contribution in [1.29, 1.82) is 0 Å². The summed E-state index contributed by atoms with van der Waals surface area (Å²) in [6, 6.07) is 26.3. The second-order valence-electron chi connectivity index (χ2n) is 42.8. The van der Waals surface area contributed by atoms with Gasteiger partial charge >= 0.3 is 0 Å². The molecule has 39 heteroatoms. The molecule has 18 rings (SSSR count). The molecule has 16 heterocycles. The third kappa shape index (κ3) is 24.3. The SMILES string of the molecule is CCCC(F)(F)c1cc2c(nn1)C(C)(C)CN2C(=O)CN1C[C@@H](C)NC[C@@H]1Cc1cc(C)nn1C.CCCC(F)(F)c1cc2c(nn1)C(C)(C)CN2C(=O)CN1C[C@@H](C)NC[C@@H]1Cc1ccnn1C.C[C@@H]1CN(CC(=O)N2CC(C)(C)c3nnc(Cc4ccc(F)cc4)cc32)[C@@H](Cc2ccnn2C)CN1.C[C@@H]1CN(CC(=O)N2CC(C)(C)c3nnc(Cc4ccc(F)cc4F)cc32)[C@@H](Cc2ccnn2C)CN1. The van der Waals surface area contributed by atoms with Crippen LogP contribution in [0.5, 0.6) is 0 Å². The van der Waals surface area contributed by atoms with Crippen molar-refractivity contribution in [2.75, 3.05) is 124 Å². The minimum atomic E-state index is -3.07. The van der Waals surface area contributed by atoms with Crippen molar-refractivity contribution in [1.82, 2.24) is 121 Å². The summed E-state index contributed by atoms with van der Waals surface area (Å²) in [6.07, 6.45) is 9.32. The Labute approximate surface area is 827 Å². The Morgan fingerprint density at radius 1 is 0.387 bits per heavy atom. The van der Waals surface area contributed by atoms with Gasteiger partial charge in [0.2, 0.25) is 23.6 Å². The summed E-state index contributed by atoms with van der Waals surface area (Å²) in [7, 11) is 7.74. The Bertz CT molecular complexity index is 6120. The Morgan fingerprint density at radius 2 is 0.704 bits per heavy atom. The zero-order valence-corrected chi connectivity index (χ0v) is 85.4. The van der Waals surface area contributed by atoms with E-state index in [0.717, 1.165) is 141 Å². The molecule has 0 unspecified atom stereocenters. The summed E-state index contributed by atoms with van der Waals surface area (Å²) in [5, 5.41) is 65.2. The molecule has 8 aromatic heterocycles. The fraction of sp³-hybridized carbons (Fsp3) is 0.573. The molecular weight excluding hydrogens is 1830 g/mol. The number of hydrogen-bond acceptors (Lipinski definition) is 24. The maximum absolute atomic E-state index is 14.6. The number of rotatable bonds is 26. The number of benzene rings is 2. The molecule has 8 aliphatic rings. The molecule has 764 valence electrons. The fourth-order valence-electron chi connectivity index (χ4n) is 20.9. The lowest BCUT2D eigenvalue weighted by Gasteiger charge is -2.39. The highest BCUT2D eigenvalue weighted by Crippen LogP contribution is 2.46. The van der Waals surface area contributed by atoms with Crippen molar-refractivity contribution in [3.63, 3.8) is 0 Å². The predicted octanol–water partition coefficient (Wildman–Crippen LogP) is 10.6. The van der Waals surface area contributed by atoms with Gasteiger partial charge in [0.25, 0.3) is 11.8 Å². The number of alkyl halides is 4. The van der Waals surface area contributed by atoms with Crippen LogP contribution in [0.25, 0.3) is 0 Å². The average Bonchev–Trinajstić information content (AvgIpc) is 1.62. The third-order valence-corrected chi connectivity index (χ3v) is 28.8. The molecule has 2 aromatic carbocycles. The maximum Gasteiger partial charge on any atom is 0.291 e. The van der Waals surface area contributed by atoms with Crippen molar-refractivity contribution in [2.24, 2.45) is 28.2 Å². The van der Waals surface area contributed by atoms with E-state index in [-0.39, 0.29) is 133 Å². The van der Waals surface area contributed by atoms with Crippen molar-refractivity contribution in [2.45, 2.75) is 250 Å². The van der Waals surface area contributed by atoms with E-state index in [1.165, 1.54) is 36.4 Å². The van der Waals surface area contributed by atoms with Crippen LogP contribution in [0.3, 0.4) is 0 Å². The standard InChI is InChI=1S/C27H33F2N7O.C27H34FN7O.C25H37F2N7O.C24H35F2N7O/c1-17-14-35(22(13-30-17)12-21-7-8-31-34(21)4)15-25(37)36-16-27(2,3)26-24(36)11-20(32-33-26)9-18-5-6-19(28)10-23(18)29;1-18-15-34(23(14-29-18)13-22-9-10-30-33(22)4)16-25(36)35-17-27(2,3)26-24(35)12-21(31-32-26)11-19-5-7-20(28)8-6-19;1-7-8-25(26,27)21-11-20-23(30-29-21)24(4,5)15-34(20)22(35)14-33-13-17(3)28-12-19(33)10-18-9-16(2)31-32(18)6;1-6-8-24(25,26)20-11-19-22(30-29-20)23(3,4)15-33(19)21(34)14-32-13-16(2)27-12-18(32)10-17-7-9-28-31(17)5/h5-8,10-11,17,22,30H,9,12-16H2,1-4H3;5-10,12,18,23,29H,11,13-17H2,1-4H3;9,11,17,19,28H,7-8,10,12-15H2,1-6H3;7,9,11,16,18,27H,6,8,10,12-15H2,1-5H3/t17-,22+;18-,23+;17-,19+;16-,18+/m1111/s1. The van der Waals surface area contributed by atoms with Gasteiger partial charge in [0, 0.05) is 276 Å². The minimum Gasteiger partial charge on any atom is -0.311 e. The van der Waals surface area contributed by atoms with E-state index in [1.807, 2.05) is 137 Å². The Morgan fingerprint density at radius 3 is 1.01 bits per heavy atom. The number of amides is 4. The van der Waals surface area contributed by atoms with Crippen molar-refractivity contribution >= 4 is 46.4 Å². The van der Waals surface area contributed by atoms with E-state index in [2.05, 4.69) is 150 Å². The number of nitrogens with one attached hydrogen (secondary N) is 4. The quantitative estimate of drug-likeness (QED) is 0.0366. The molecule has 142 heavy (non-hydrogen) atoms. The highest BCUT2D eigenvalue weighted by atomic mass is 19.3. The zero-order valence-electron chi connectivity index (χ0n) is 85.4. The number of nitrogens with zero attached hydrogens (tertiary/aromatic N) is 24. The number of aromatic nitrogens is 16. The van der Waals surface area contributed by atoms with E-state index in [9.17, 15) is 49.9 Å². The van der Waals surface area contributed by atoms with Gasteiger partial charge in [0.15, 0.2) is 0 Å². The zero-order chi connectivity index (χ0) is 102. The molecule has 0 bridgehead atoms. The van der Waals surface area contributed by atoms with Gasteiger partial charge in [-0.2, -0.15) is 68.5 Å². The first kappa shape index (κ1) is 105. The summed E-state index contributed by atoms with van der Waals surface area (Å²) in [5.41, 5.74) is 11.0. The fourth-order valence-corrected chi connectivity index (χ4v) is 20.9. The van der Waals surface area contributed by atoms with Crippen LogP contribution in [0, 0.1) is 24.4 Å². The van der Waals surface area contributed by atoms with Crippen LogP contribution in [0.4, 0.5) is 53.5 Å². The van der Waals surface area contributed by atoms with Crippen LogP contribution < -0.4 is 40.9 Å². The largest absolute Gasteiger partial charge is 0.311 e. The first-order valence-electron chi connectivity index (χ1n) is 49.7. The number of carbonyl (C=O) groups excluding carboxylic acids is 4. The molecule has 0 spiro atoms. The van der Waals surface area contributed by atoms with Crippen molar-refractivity contribution < 1.29 is 49.9 Å². The first-order chi connectivity index (χ1) is 67.2. The molecule has 32 nitrogen and oxygen atoms in total. The number of aryl methyl sites for hydroxylation is 5. The molecule has 0 radical (unpaired) electrons. The molecule has 8 atom stereocenters. The number of anilines is 4. The lowest BCUT2D eigenvalue weighted by molar-refractivity contribution is -0.121. The molecule has 10 aromatic rings. The smallest absolute Gasteiger partial charge is 0.291 e. The lowest BCUT2D eigenvalue weighted by Crippen LogP contribution is -2.58. The highest BCUT2D eigenvalue weighted by molar-refractivity contribution is 6.00. The average molecular weight is 1970 g/mol. The summed E-state index contributed by atoms with van der Waals surface area (Å²) in [6.45, 7) is 39.2. The second-order valence-corrected chi connectivity index (χ2v) is 42.8. The molecule has 8 aliphatic heterocycles. The topological polar surface area (TPSA) is 317 Å². The van der Waals surface area contributed by atoms with E-state index in [4.69, 9.17) is 0 Å². The lowest BCUT2D eigenvalue weighted by atomic mass is 9.91. The second kappa shape index (κ2) is 43.3. The Hall–Kier alpha value is -11.3. The van der Waals surface area contributed by atoms with Gasteiger partial charge in [-0.3, -0.25) is 57.5 Å². The van der Waals surface area contributed by atoms with Gasteiger partial charge in [-0.15, -0.1) is 10.2 Å². The molecule has 4 saturated heterocycles. The normalized spacial score (nSPS) is 22.0. The monoisotopic (exact) mass is 1970 g/mol. The molecule has 0 saturated carbocycles. The number of piperazine rings is 4. The van der Waals surface area contributed by atoms with Gasteiger partial charge in [0.1, 0.15) is 28.8 Å².